The summed E-state index contributed by atoms with van der Waals surface area (Å²) in [6.45, 7) is 6.11. The van der Waals surface area contributed by atoms with Crippen molar-refractivity contribution in [1.29, 1.82) is 0 Å². The monoisotopic (exact) mass is 359 g/mol. The zero-order valence-electron chi connectivity index (χ0n) is 14.8. The molecule has 0 radical (unpaired) electrons. The van der Waals surface area contributed by atoms with Gasteiger partial charge < -0.3 is 5.73 Å². The second kappa shape index (κ2) is 8.78. The molecule has 0 aliphatic rings. The molecular formula is C19H25N3O2S. The second-order valence-electron chi connectivity index (χ2n) is 6.53. The zero-order chi connectivity index (χ0) is 18.4. The number of carbonyl (C=O) groups excluding carboxylic acids is 2. The van der Waals surface area contributed by atoms with Gasteiger partial charge in [-0.3, -0.25) is 15.4 Å². The molecule has 0 saturated carbocycles. The molecule has 1 aromatic heterocycles. The molecule has 1 heterocycles. The molecule has 1 aromatic carbocycles. The van der Waals surface area contributed by atoms with Gasteiger partial charge in [-0.05, 0) is 41.8 Å². The van der Waals surface area contributed by atoms with Crippen LogP contribution in [0.15, 0.2) is 41.8 Å². The van der Waals surface area contributed by atoms with Crippen molar-refractivity contribution in [2.24, 2.45) is 11.7 Å². The minimum Gasteiger partial charge on any atom is -0.351 e. The van der Waals surface area contributed by atoms with E-state index in [4.69, 9.17) is 5.73 Å². The van der Waals surface area contributed by atoms with Gasteiger partial charge in [0, 0.05) is 4.88 Å². The lowest BCUT2D eigenvalue weighted by molar-refractivity contribution is -0.121. The second-order valence-corrected chi connectivity index (χ2v) is 7.51. The number of nitrogens with one attached hydrogen (secondary N) is 2. The third-order valence-corrected chi connectivity index (χ3v) is 4.78. The molecule has 6 heteroatoms. The van der Waals surface area contributed by atoms with E-state index in [9.17, 15) is 9.59 Å². The fraction of sp³-hybridized carbons (Fsp3) is 0.368. The Balaban J connectivity index is 2.19. The van der Waals surface area contributed by atoms with Gasteiger partial charge in [0.25, 0.3) is 0 Å². The largest absolute Gasteiger partial charge is 0.351 e. The maximum atomic E-state index is 12.0. The van der Waals surface area contributed by atoms with E-state index in [1.165, 1.54) is 5.56 Å². The lowest BCUT2D eigenvalue weighted by Crippen LogP contribution is -2.47. The average Bonchev–Trinajstić information content (AvgIpc) is 3.06. The van der Waals surface area contributed by atoms with Crippen LogP contribution in [0.1, 0.15) is 42.8 Å². The van der Waals surface area contributed by atoms with Crippen LogP contribution >= 0.6 is 11.3 Å². The van der Waals surface area contributed by atoms with Gasteiger partial charge in [0.05, 0.1) is 12.1 Å². The lowest BCUT2D eigenvalue weighted by Gasteiger charge is -2.22. The van der Waals surface area contributed by atoms with Gasteiger partial charge >= 0.3 is 6.03 Å². The lowest BCUT2D eigenvalue weighted by atomic mass is 9.98. The molecule has 3 amide bonds. The molecule has 134 valence electrons. The van der Waals surface area contributed by atoms with Crippen LogP contribution in [0.3, 0.4) is 0 Å². The summed E-state index contributed by atoms with van der Waals surface area (Å²) in [5, 5.41) is 7.41. The number of nitrogens with two attached hydrogens (primary N) is 1. The van der Waals surface area contributed by atoms with Gasteiger partial charge in [-0.25, -0.2) is 4.79 Å². The number of hydrogen-bond acceptors (Lipinski definition) is 4. The van der Waals surface area contributed by atoms with Crippen LogP contribution in [0.2, 0.25) is 0 Å². The summed E-state index contributed by atoms with van der Waals surface area (Å²) < 4.78 is 0. The highest BCUT2D eigenvalue weighted by Gasteiger charge is 2.22. The standard InChI is InChI=1S/C19H25N3O2S/c1-12(2)11-14-6-8-15(9-7-14)17(16-5-4-10-25-16)21-13(3)18(23)22-19(20)24/h4-10,12-13,17,21H,11H2,1-3H3,(H3,20,22,23,24)/t13-,17-/m1/s1. The van der Waals surface area contributed by atoms with Gasteiger partial charge in [-0.2, -0.15) is 0 Å². The summed E-state index contributed by atoms with van der Waals surface area (Å²) in [6, 6.07) is 10.9. The van der Waals surface area contributed by atoms with E-state index in [2.05, 4.69) is 48.7 Å². The van der Waals surface area contributed by atoms with Gasteiger partial charge in [0.2, 0.25) is 5.91 Å². The van der Waals surface area contributed by atoms with Gasteiger partial charge in [0.1, 0.15) is 0 Å². The number of carbonyl (C=O) groups is 2. The van der Waals surface area contributed by atoms with Crippen LogP contribution in [0, 0.1) is 5.92 Å². The predicted molar refractivity (Wildman–Crippen MR) is 101 cm³/mol. The van der Waals surface area contributed by atoms with Crippen molar-refractivity contribution in [3.8, 4) is 0 Å². The number of imide groups is 1. The van der Waals surface area contributed by atoms with Crippen molar-refractivity contribution in [1.82, 2.24) is 10.6 Å². The third kappa shape index (κ3) is 5.69. The Labute approximate surface area is 152 Å². The van der Waals surface area contributed by atoms with Crippen LogP contribution in [0.4, 0.5) is 4.79 Å². The molecule has 2 rings (SSSR count). The SMILES string of the molecule is CC(C)Cc1ccc([C@@H](N[C@H](C)C(=O)NC(N)=O)c2cccs2)cc1. The average molecular weight is 359 g/mol. The van der Waals surface area contributed by atoms with Crippen LogP contribution in [-0.2, 0) is 11.2 Å². The van der Waals surface area contributed by atoms with E-state index < -0.39 is 18.0 Å². The van der Waals surface area contributed by atoms with Crippen LogP contribution in [0.25, 0.3) is 0 Å². The van der Waals surface area contributed by atoms with Crippen LogP contribution in [0.5, 0.6) is 0 Å². The predicted octanol–water partition coefficient (Wildman–Crippen LogP) is 3.21. The summed E-state index contributed by atoms with van der Waals surface area (Å²) in [5.41, 5.74) is 7.40. The first kappa shape index (κ1) is 19.1. The quantitative estimate of drug-likeness (QED) is 0.710. The zero-order valence-corrected chi connectivity index (χ0v) is 15.6. The summed E-state index contributed by atoms with van der Waals surface area (Å²) in [5.74, 6) is 0.167. The first-order valence-electron chi connectivity index (χ1n) is 8.35. The van der Waals surface area contributed by atoms with E-state index in [0.717, 1.165) is 16.9 Å². The maximum Gasteiger partial charge on any atom is 0.318 e. The van der Waals surface area contributed by atoms with Crippen molar-refractivity contribution in [3.63, 3.8) is 0 Å². The van der Waals surface area contributed by atoms with Crippen molar-refractivity contribution in [3.05, 3.63) is 57.8 Å². The molecule has 0 spiro atoms. The molecule has 0 fully saturated rings. The van der Waals surface area contributed by atoms with Gasteiger partial charge in [-0.1, -0.05) is 44.2 Å². The number of primary amides is 1. The Morgan fingerprint density at radius 2 is 1.80 bits per heavy atom. The van der Waals surface area contributed by atoms with E-state index in [-0.39, 0.29) is 6.04 Å². The van der Waals surface area contributed by atoms with E-state index in [1.807, 2.05) is 17.5 Å². The Morgan fingerprint density at radius 1 is 1.12 bits per heavy atom. The number of urea groups is 1. The molecule has 0 aliphatic heterocycles. The number of hydrogen-bond donors (Lipinski definition) is 3. The Morgan fingerprint density at radius 3 is 2.32 bits per heavy atom. The molecule has 5 nitrogen and oxygen atoms in total. The fourth-order valence-electron chi connectivity index (χ4n) is 2.67. The third-order valence-electron chi connectivity index (χ3n) is 3.84. The topological polar surface area (TPSA) is 84.2 Å². The van der Waals surface area contributed by atoms with Gasteiger partial charge in [-0.15, -0.1) is 11.3 Å². The number of amides is 3. The molecular weight excluding hydrogens is 334 g/mol. The summed E-state index contributed by atoms with van der Waals surface area (Å²) in [6.07, 6.45) is 1.04. The number of benzene rings is 1. The van der Waals surface area contributed by atoms with Crippen LogP contribution < -0.4 is 16.4 Å². The highest BCUT2D eigenvalue weighted by atomic mass is 32.1. The molecule has 25 heavy (non-hydrogen) atoms. The maximum absolute atomic E-state index is 12.0. The highest BCUT2D eigenvalue weighted by molar-refractivity contribution is 7.10. The van der Waals surface area contributed by atoms with Crippen molar-refractivity contribution < 1.29 is 9.59 Å². The van der Waals surface area contributed by atoms with Crippen molar-refractivity contribution in [2.75, 3.05) is 0 Å². The molecule has 0 bridgehead atoms. The molecule has 2 aromatic rings. The first-order valence-corrected chi connectivity index (χ1v) is 9.23. The molecule has 0 saturated heterocycles. The normalized spacial score (nSPS) is 13.4. The smallest absolute Gasteiger partial charge is 0.318 e. The molecule has 0 unspecified atom stereocenters. The van der Waals surface area contributed by atoms with Gasteiger partial charge in [0.15, 0.2) is 0 Å². The van der Waals surface area contributed by atoms with Crippen molar-refractivity contribution in [2.45, 2.75) is 39.3 Å². The molecule has 4 N–H and O–H groups in total. The minimum atomic E-state index is -0.843. The van der Waals surface area contributed by atoms with E-state index in [1.54, 1.807) is 18.3 Å². The Hall–Kier alpha value is -2.18. The van der Waals surface area contributed by atoms with E-state index >= 15 is 0 Å². The molecule has 0 aliphatic carbocycles. The first-order chi connectivity index (χ1) is 11.9. The Bertz CT molecular complexity index is 696. The van der Waals surface area contributed by atoms with Crippen LogP contribution in [-0.4, -0.2) is 18.0 Å². The summed E-state index contributed by atoms with van der Waals surface area (Å²) in [7, 11) is 0. The molecule has 2 atom stereocenters. The summed E-state index contributed by atoms with van der Waals surface area (Å²) >= 11 is 1.62. The number of rotatable bonds is 7. The van der Waals surface area contributed by atoms with Crippen molar-refractivity contribution >= 4 is 23.3 Å². The fourth-order valence-corrected chi connectivity index (χ4v) is 3.48. The Kier molecular flexibility index (Phi) is 6.73. The van der Waals surface area contributed by atoms with E-state index in [0.29, 0.717) is 5.92 Å². The number of thiophene rings is 1. The summed E-state index contributed by atoms with van der Waals surface area (Å²) in [4.78, 5) is 24.0. The minimum absolute atomic E-state index is 0.123. The highest BCUT2D eigenvalue weighted by Crippen LogP contribution is 2.27.